The summed E-state index contributed by atoms with van der Waals surface area (Å²) in [5.41, 5.74) is 2.77. The number of hydrogen-bond donors (Lipinski definition) is 0. The minimum atomic E-state index is -0.0971. The molecular weight excluding hydrogens is 348 g/mol. The normalized spacial score (nSPS) is 25.0. The van der Waals surface area contributed by atoms with Crippen LogP contribution in [0, 0.1) is 5.41 Å². The Bertz CT molecular complexity index is 673. The standard InChI is InChI=1S/C24H36N2O2/c1-19(2)21-9-3-4-10-22(21)26-16-14-25(15-17-26)13-7-8-20-18-24(23(27)28-20)11-5-6-12-24/h3-4,9-10,19-20H,5-8,11-18H2,1-2H3/t20-/m0/s1. The second kappa shape index (κ2) is 8.44. The third-order valence-electron chi connectivity index (χ3n) is 7.16. The van der Waals surface area contributed by atoms with E-state index in [-0.39, 0.29) is 17.5 Å². The first kappa shape index (κ1) is 19.8. The molecule has 4 rings (SSSR count). The van der Waals surface area contributed by atoms with Gasteiger partial charge in [-0.25, -0.2) is 0 Å². The molecule has 1 aromatic rings. The molecule has 1 aromatic carbocycles. The zero-order chi connectivity index (χ0) is 19.6. The molecule has 1 saturated carbocycles. The Morgan fingerprint density at radius 2 is 1.82 bits per heavy atom. The van der Waals surface area contributed by atoms with Gasteiger partial charge in [0.2, 0.25) is 0 Å². The SMILES string of the molecule is CC(C)c1ccccc1N1CCN(CCC[C@H]2CC3(CCCC3)C(=O)O2)CC1. The molecule has 154 valence electrons. The van der Waals surface area contributed by atoms with Crippen LogP contribution < -0.4 is 4.90 Å². The molecule has 0 amide bonds. The van der Waals surface area contributed by atoms with Crippen molar-refractivity contribution in [2.75, 3.05) is 37.6 Å². The summed E-state index contributed by atoms with van der Waals surface area (Å²) in [7, 11) is 0. The number of ether oxygens (including phenoxy) is 1. The maximum Gasteiger partial charge on any atom is 0.312 e. The van der Waals surface area contributed by atoms with Crippen LogP contribution in [0.15, 0.2) is 24.3 Å². The predicted octanol–water partition coefficient (Wildman–Crippen LogP) is 4.59. The van der Waals surface area contributed by atoms with Gasteiger partial charge in [-0.1, -0.05) is 44.9 Å². The number of hydrogen-bond acceptors (Lipinski definition) is 4. The molecular formula is C24H36N2O2. The molecule has 4 heteroatoms. The van der Waals surface area contributed by atoms with E-state index in [2.05, 4.69) is 47.9 Å². The molecule has 0 radical (unpaired) electrons. The number of benzene rings is 1. The van der Waals surface area contributed by atoms with Crippen molar-refractivity contribution < 1.29 is 9.53 Å². The van der Waals surface area contributed by atoms with E-state index >= 15 is 0 Å². The van der Waals surface area contributed by atoms with Crippen molar-refractivity contribution in [1.82, 2.24) is 4.90 Å². The number of anilines is 1. The van der Waals surface area contributed by atoms with Crippen LogP contribution >= 0.6 is 0 Å². The fourth-order valence-electron chi connectivity index (χ4n) is 5.48. The second-order valence-corrected chi connectivity index (χ2v) is 9.40. The van der Waals surface area contributed by atoms with Crippen molar-refractivity contribution >= 4 is 11.7 Å². The highest BCUT2D eigenvalue weighted by Crippen LogP contribution is 2.48. The summed E-state index contributed by atoms with van der Waals surface area (Å²) < 4.78 is 5.73. The van der Waals surface area contributed by atoms with Crippen molar-refractivity contribution in [2.24, 2.45) is 5.41 Å². The molecule has 2 aliphatic heterocycles. The number of carbonyl (C=O) groups excluding carboxylic acids is 1. The van der Waals surface area contributed by atoms with Crippen LogP contribution in [0.3, 0.4) is 0 Å². The first-order valence-corrected chi connectivity index (χ1v) is 11.3. The van der Waals surface area contributed by atoms with Crippen molar-refractivity contribution in [3.8, 4) is 0 Å². The average molecular weight is 385 g/mol. The molecule has 1 spiro atoms. The van der Waals surface area contributed by atoms with Gasteiger partial charge in [-0.2, -0.15) is 0 Å². The summed E-state index contributed by atoms with van der Waals surface area (Å²) in [6.07, 6.45) is 7.83. The molecule has 0 unspecified atom stereocenters. The van der Waals surface area contributed by atoms with Gasteiger partial charge in [-0.05, 0) is 49.8 Å². The topological polar surface area (TPSA) is 32.8 Å². The summed E-state index contributed by atoms with van der Waals surface area (Å²) in [6, 6.07) is 8.86. The number of rotatable bonds is 6. The molecule has 3 fully saturated rings. The van der Waals surface area contributed by atoms with Gasteiger partial charge < -0.3 is 9.64 Å². The summed E-state index contributed by atoms with van der Waals surface area (Å²) in [4.78, 5) is 17.4. The number of cyclic esters (lactones) is 1. The van der Waals surface area contributed by atoms with E-state index in [0.717, 1.165) is 64.8 Å². The van der Waals surface area contributed by atoms with Crippen LogP contribution in [0.2, 0.25) is 0 Å². The van der Waals surface area contributed by atoms with E-state index in [4.69, 9.17) is 4.74 Å². The number of nitrogens with zero attached hydrogens (tertiary/aromatic N) is 2. The van der Waals surface area contributed by atoms with Gasteiger partial charge in [-0.15, -0.1) is 0 Å². The monoisotopic (exact) mass is 384 g/mol. The molecule has 2 heterocycles. The summed E-state index contributed by atoms with van der Waals surface area (Å²) in [6.45, 7) is 10.1. The molecule has 1 atom stereocenters. The molecule has 0 bridgehead atoms. The lowest BCUT2D eigenvalue weighted by molar-refractivity contribution is -0.148. The average Bonchev–Trinajstić information content (AvgIpc) is 3.30. The minimum Gasteiger partial charge on any atom is -0.462 e. The highest BCUT2D eigenvalue weighted by Gasteiger charge is 2.50. The molecule has 28 heavy (non-hydrogen) atoms. The van der Waals surface area contributed by atoms with Crippen LogP contribution in [0.1, 0.15) is 70.3 Å². The third kappa shape index (κ3) is 4.07. The Morgan fingerprint density at radius 3 is 2.54 bits per heavy atom. The van der Waals surface area contributed by atoms with Gasteiger partial charge in [0.1, 0.15) is 6.10 Å². The minimum absolute atomic E-state index is 0.0971. The summed E-state index contributed by atoms with van der Waals surface area (Å²) >= 11 is 0. The van der Waals surface area contributed by atoms with Crippen LogP contribution in [0.4, 0.5) is 5.69 Å². The Labute approximate surface area is 170 Å². The maximum absolute atomic E-state index is 12.3. The second-order valence-electron chi connectivity index (χ2n) is 9.40. The highest BCUT2D eigenvalue weighted by molar-refractivity contribution is 5.79. The van der Waals surface area contributed by atoms with Crippen molar-refractivity contribution in [3.63, 3.8) is 0 Å². The van der Waals surface area contributed by atoms with Crippen molar-refractivity contribution in [1.29, 1.82) is 0 Å². The van der Waals surface area contributed by atoms with E-state index < -0.39 is 0 Å². The first-order chi connectivity index (χ1) is 13.6. The van der Waals surface area contributed by atoms with Crippen molar-refractivity contribution in [3.05, 3.63) is 29.8 Å². The molecule has 0 N–H and O–H groups in total. The zero-order valence-electron chi connectivity index (χ0n) is 17.7. The van der Waals surface area contributed by atoms with Crippen molar-refractivity contribution in [2.45, 2.75) is 70.8 Å². The molecule has 0 aromatic heterocycles. The van der Waals surface area contributed by atoms with E-state index in [1.807, 2.05) is 0 Å². The Morgan fingerprint density at radius 1 is 1.11 bits per heavy atom. The zero-order valence-corrected chi connectivity index (χ0v) is 17.7. The van der Waals surface area contributed by atoms with Gasteiger partial charge in [0.25, 0.3) is 0 Å². The Balaban J connectivity index is 1.21. The fraction of sp³-hybridized carbons (Fsp3) is 0.708. The van der Waals surface area contributed by atoms with Gasteiger partial charge in [0.05, 0.1) is 5.41 Å². The summed E-state index contributed by atoms with van der Waals surface area (Å²) in [5.74, 6) is 0.666. The highest BCUT2D eigenvalue weighted by atomic mass is 16.6. The molecule has 2 saturated heterocycles. The lowest BCUT2D eigenvalue weighted by Gasteiger charge is -2.37. The molecule has 4 nitrogen and oxygen atoms in total. The van der Waals surface area contributed by atoms with Gasteiger partial charge >= 0.3 is 5.97 Å². The predicted molar refractivity (Wildman–Crippen MR) is 114 cm³/mol. The Hall–Kier alpha value is -1.55. The third-order valence-corrected chi connectivity index (χ3v) is 7.16. The van der Waals surface area contributed by atoms with Gasteiger partial charge in [-0.3, -0.25) is 9.69 Å². The van der Waals surface area contributed by atoms with E-state index in [1.54, 1.807) is 0 Å². The van der Waals surface area contributed by atoms with Gasteiger partial charge in [0.15, 0.2) is 0 Å². The first-order valence-electron chi connectivity index (χ1n) is 11.3. The van der Waals surface area contributed by atoms with E-state index in [0.29, 0.717) is 5.92 Å². The molecule has 3 aliphatic rings. The number of piperazine rings is 1. The maximum atomic E-state index is 12.3. The quantitative estimate of drug-likeness (QED) is 0.672. The lowest BCUT2D eigenvalue weighted by atomic mass is 9.82. The number of carbonyl (C=O) groups is 1. The summed E-state index contributed by atoms with van der Waals surface area (Å²) in [5, 5.41) is 0. The van der Waals surface area contributed by atoms with E-state index in [9.17, 15) is 4.79 Å². The fourth-order valence-corrected chi connectivity index (χ4v) is 5.48. The smallest absolute Gasteiger partial charge is 0.312 e. The van der Waals surface area contributed by atoms with Crippen LogP contribution in [0.25, 0.3) is 0 Å². The number of para-hydroxylation sites is 1. The Kier molecular flexibility index (Phi) is 5.96. The van der Waals surface area contributed by atoms with E-state index in [1.165, 1.54) is 24.1 Å². The van der Waals surface area contributed by atoms with Crippen LogP contribution in [0.5, 0.6) is 0 Å². The van der Waals surface area contributed by atoms with Crippen LogP contribution in [-0.4, -0.2) is 49.7 Å². The van der Waals surface area contributed by atoms with Gasteiger partial charge in [0, 0.05) is 38.3 Å². The lowest BCUT2D eigenvalue weighted by Crippen LogP contribution is -2.47. The largest absolute Gasteiger partial charge is 0.462 e. The molecule has 1 aliphatic carbocycles. The number of esters is 1. The van der Waals surface area contributed by atoms with Crippen LogP contribution in [-0.2, 0) is 9.53 Å².